The molecule has 3 aromatic rings. The predicted molar refractivity (Wildman–Crippen MR) is 139 cm³/mol. The van der Waals surface area contributed by atoms with Crippen molar-refractivity contribution in [2.75, 3.05) is 7.11 Å². The molecule has 1 aliphatic heterocycles. The Hall–Kier alpha value is -3.17. The fourth-order valence-corrected chi connectivity index (χ4v) is 3.82. The fourth-order valence-electron chi connectivity index (χ4n) is 3.23. The van der Waals surface area contributed by atoms with Crippen LogP contribution >= 0.6 is 34.2 Å². The summed E-state index contributed by atoms with van der Waals surface area (Å²) in [7, 11) is 1.44. The number of rotatable bonds is 5. The Morgan fingerprint density at radius 3 is 2.50 bits per heavy atom. The molecule has 8 heteroatoms. The average molecular weight is 588 g/mol. The van der Waals surface area contributed by atoms with Gasteiger partial charge in [0, 0.05) is 9.13 Å². The van der Waals surface area contributed by atoms with Crippen LogP contribution in [0.15, 0.2) is 65.3 Å². The first-order valence-corrected chi connectivity index (χ1v) is 11.7. The fraction of sp³-hybridized carbons (Fsp3) is 0.115. The van der Waals surface area contributed by atoms with E-state index in [1.165, 1.54) is 13.2 Å². The second-order valence-electron chi connectivity index (χ2n) is 7.59. The number of carbonyl (C=O) groups excluding carboxylic acids is 2. The highest BCUT2D eigenvalue weighted by Gasteiger charge is 2.25. The first-order chi connectivity index (χ1) is 16.2. The van der Waals surface area contributed by atoms with Gasteiger partial charge < -0.3 is 14.2 Å². The van der Waals surface area contributed by atoms with Crippen molar-refractivity contribution in [3.05, 3.63) is 96.7 Å². The number of ether oxygens (including phenoxy) is 3. The third-order valence-electron chi connectivity index (χ3n) is 5.06. The van der Waals surface area contributed by atoms with Gasteiger partial charge in [0.2, 0.25) is 5.90 Å². The van der Waals surface area contributed by atoms with Crippen LogP contribution in [-0.4, -0.2) is 24.9 Å². The van der Waals surface area contributed by atoms with E-state index in [9.17, 15) is 9.59 Å². The molecule has 0 aromatic heterocycles. The molecule has 0 aliphatic carbocycles. The molecule has 1 aliphatic rings. The normalized spacial score (nSPS) is 14.1. The molecule has 4 rings (SSSR count). The van der Waals surface area contributed by atoms with Crippen molar-refractivity contribution in [1.29, 1.82) is 0 Å². The van der Waals surface area contributed by atoms with Crippen LogP contribution in [0.3, 0.4) is 0 Å². The Morgan fingerprint density at radius 2 is 1.82 bits per heavy atom. The van der Waals surface area contributed by atoms with Gasteiger partial charge in [-0.15, -0.1) is 0 Å². The summed E-state index contributed by atoms with van der Waals surface area (Å²) in [4.78, 5) is 29.3. The molecule has 0 saturated heterocycles. The maximum absolute atomic E-state index is 12.5. The number of aliphatic imine (C=N–C) groups is 1. The number of benzene rings is 3. The topological polar surface area (TPSA) is 74.2 Å². The zero-order valence-electron chi connectivity index (χ0n) is 18.5. The summed E-state index contributed by atoms with van der Waals surface area (Å²) in [5.41, 5.74) is 3.83. The van der Waals surface area contributed by atoms with Crippen LogP contribution in [-0.2, 0) is 9.53 Å². The summed E-state index contributed by atoms with van der Waals surface area (Å²) in [5, 5.41) is 0.149. The number of esters is 2. The van der Waals surface area contributed by atoms with Gasteiger partial charge in [0.25, 0.3) is 0 Å². The van der Waals surface area contributed by atoms with Crippen molar-refractivity contribution in [1.82, 2.24) is 0 Å². The molecular weight excluding hydrogens is 569 g/mol. The second kappa shape index (κ2) is 9.99. The van der Waals surface area contributed by atoms with E-state index >= 15 is 0 Å². The Balaban J connectivity index is 1.62. The van der Waals surface area contributed by atoms with E-state index < -0.39 is 11.9 Å². The lowest BCUT2D eigenvalue weighted by Gasteiger charge is -2.12. The molecular formula is C26H19ClINO5. The number of hydrogen-bond acceptors (Lipinski definition) is 6. The molecule has 0 atom stereocenters. The lowest BCUT2D eigenvalue weighted by atomic mass is 10.1. The van der Waals surface area contributed by atoms with Crippen LogP contribution in [0.1, 0.15) is 32.6 Å². The molecule has 0 unspecified atom stereocenters. The molecule has 0 bridgehead atoms. The van der Waals surface area contributed by atoms with Gasteiger partial charge in [0.05, 0.1) is 17.7 Å². The van der Waals surface area contributed by atoms with Crippen LogP contribution in [0, 0.1) is 17.4 Å². The van der Waals surface area contributed by atoms with E-state index in [0.717, 1.165) is 14.7 Å². The maximum atomic E-state index is 12.5. The summed E-state index contributed by atoms with van der Waals surface area (Å²) in [5.74, 6) is -0.575. The van der Waals surface area contributed by atoms with Gasteiger partial charge in [-0.3, -0.25) is 0 Å². The van der Waals surface area contributed by atoms with Gasteiger partial charge in [-0.2, -0.15) is 0 Å². The minimum absolute atomic E-state index is 0.0874. The highest BCUT2D eigenvalue weighted by molar-refractivity contribution is 14.1. The first kappa shape index (κ1) is 24.0. The average Bonchev–Trinajstić information content (AvgIpc) is 3.17. The van der Waals surface area contributed by atoms with Crippen LogP contribution < -0.4 is 9.47 Å². The van der Waals surface area contributed by atoms with E-state index in [-0.39, 0.29) is 28.1 Å². The van der Waals surface area contributed by atoms with E-state index in [1.807, 2.05) is 44.2 Å². The quantitative estimate of drug-likeness (QED) is 0.155. The zero-order chi connectivity index (χ0) is 24.4. The van der Waals surface area contributed by atoms with Crippen molar-refractivity contribution < 1.29 is 23.8 Å². The second-order valence-corrected chi connectivity index (χ2v) is 9.16. The van der Waals surface area contributed by atoms with Crippen molar-refractivity contribution >= 4 is 58.1 Å². The van der Waals surface area contributed by atoms with Crippen LogP contribution in [0.5, 0.6) is 11.5 Å². The molecule has 0 spiro atoms. The number of hydrogen-bond donors (Lipinski definition) is 0. The smallest absolute Gasteiger partial charge is 0.363 e. The highest BCUT2D eigenvalue weighted by atomic mass is 127. The first-order valence-electron chi connectivity index (χ1n) is 10.2. The van der Waals surface area contributed by atoms with Gasteiger partial charge >= 0.3 is 11.9 Å². The number of cyclic esters (lactones) is 1. The van der Waals surface area contributed by atoms with Crippen LogP contribution in [0.25, 0.3) is 6.08 Å². The number of halogens is 2. The van der Waals surface area contributed by atoms with Crippen molar-refractivity contribution in [2.45, 2.75) is 13.8 Å². The highest BCUT2D eigenvalue weighted by Crippen LogP contribution is 2.38. The molecule has 34 heavy (non-hydrogen) atoms. The van der Waals surface area contributed by atoms with Gasteiger partial charge in [-0.05, 0) is 96.1 Å². The lowest BCUT2D eigenvalue weighted by Crippen LogP contribution is -2.09. The van der Waals surface area contributed by atoms with E-state index in [0.29, 0.717) is 16.7 Å². The predicted octanol–water partition coefficient (Wildman–Crippen LogP) is 6.13. The standard InChI is InChI=1S/C26H19ClINO5/c1-14-4-6-17(7-5-14)25(30)33-23-19(27)11-16(13-22(23)32-3)12-21-26(31)34-24(29-21)18-8-9-20(28)15(2)10-18/h4-13H,1-3H3/b21-12-. The van der Waals surface area contributed by atoms with Crippen molar-refractivity contribution in [3.63, 3.8) is 0 Å². The SMILES string of the molecule is COc1cc(/C=C2\N=C(c3ccc(I)c(C)c3)OC2=O)cc(Cl)c1OC(=O)c1ccc(C)cc1. The van der Waals surface area contributed by atoms with Crippen LogP contribution in [0.4, 0.5) is 0 Å². The molecule has 6 nitrogen and oxygen atoms in total. The summed E-state index contributed by atoms with van der Waals surface area (Å²) < 4.78 is 17.3. The van der Waals surface area contributed by atoms with Gasteiger partial charge in [-0.1, -0.05) is 29.3 Å². The minimum atomic E-state index is -0.573. The molecule has 1 heterocycles. The van der Waals surface area contributed by atoms with E-state index in [2.05, 4.69) is 27.6 Å². The van der Waals surface area contributed by atoms with Crippen LogP contribution in [0.2, 0.25) is 5.02 Å². The molecule has 0 saturated carbocycles. The molecule has 0 fully saturated rings. The Bertz CT molecular complexity index is 1360. The Morgan fingerprint density at radius 1 is 1.09 bits per heavy atom. The Labute approximate surface area is 215 Å². The summed E-state index contributed by atoms with van der Waals surface area (Å²) >= 11 is 8.65. The summed E-state index contributed by atoms with van der Waals surface area (Å²) in [6.45, 7) is 3.90. The zero-order valence-corrected chi connectivity index (χ0v) is 21.4. The molecule has 172 valence electrons. The number of nitrogens with zero attached hydrogens (tertiary/aromatic N) is 1. The minimum Gasteiger partial charge on any atom is -0.493 e. The van der Waals surface area contributed by atoms with E-state index in [1.54, 1.807) is 24.3 Å². The largest absolute Gasteiger partial charge is 0.493 e. The monoisotopic (exact) mass is 587 g/mol. The van der Waals surface area contributed by atoms with E-state index in [4.69, 9.17) is 25.8 Å². The third kappa shape index (κ3) is 5.15. The summed E-state index contributed by atoms with van der Waals surface area (Å²) in [6, 6.07) is 15.8. The van der Waals surface area contributed by atoms with Crippen molar-refractivity contribution in [2.24, 2.45) is 4.99 Å². The van der Waals surface area contributed by atoms with Crippen molar-refractivity contribution in [3.8, 4) is 11.5 Å². The molecule has 0 N–H and O–H groups in total. The Kier molecular flexibility index (Phi) is 7.04. The van der Waals surface area contributed by atoms with Gasteiger partial charge in [-0.25, -0.2) is 14.6 Å². The molecule has 0 amide bonds. The number of methoxy groups -OCH3 is 1. The number of carbonyl (C=O) groups is 2. The summed E-state index contributed by atoms with van der Waals surface area (Å²) in [6.07, 6.45) is 1.54. The third-order valence-corrected chi connectivity index (χ3v) is 6.55. The lowest BCUT2D eigenvalue weighted by molar-refractivity contribution is -0.129. The van der Waals surface area contributed by atoms with Gasteiger partial charge in [0.15, 0.2) is 17.2 Å². The van der Waals surface area contributed by atoms with Gasteiger partial charge in [0.1, 0.15) is 0 Å². The number of aryl methyl sites for hydroxylation is 2. The maximum Gasteiger partial charge on any atom is 0.363 e. The molecule has 3 aromatic carbocycles. The molecule has 0 radical (unpaired) electrons.